The van der Waals surface area contributed by atoms with Crippen molar-refractivity contribution in [3.8, 4) is 5.75 Å². The first-order chi connectivity index (χ1) is 12.8. The molecule has 0 bridgehead atoms. The Morgan fingerprint density at radius 2 is 2.07 bits per heavy atom. The molecule has 0 atom stereocenters. The highest BCUT2D eigenvalue weighted by Crippen LogP contribution is 2.31. The molecule has 6 nitrogen and oxygen atoms in total. The molecule has 1 N–H and O–H groups in total. The SMILES string of the molecule is CS(=O)(=O)c1ccc2nc(NC(=O)C3=Cc4cc(Cl)ccc4OC3)sc2c1. The quantitative estimate of drug-likeness (QED) is 0.697. The zero-order valence-corrected chi connectivity index (χ0v) is 16.4. The fourth-order valence-corrected chi connectivity index (χ4v) is 4.45. The van der Waals surface area contributed by atoms with Gasteiger partial charge in [-0.1, -0.05) is 22.9 Å². The maximum absolute atomic E-state index is 12.5. The molecule has 4 rings (SSSR count). The molecule has 138 valence electrons. The maximum atomic E-state index is 12.5. The normalized spacial score (nSPS) is 13.6. The summed E-state index contributed by atoms with van der Waals surface area (Å²) in [5, 5.41) is 3.69. The fourth-order valence-electron chi connectivity index (χ4n) is 2.65. The van der Waals surface area contributed by atoms with Crippen molar-refractivity contribution in [1.82, 2.24) is 4.98 Å². The van der Waals surface area contributed by atoms with Crippen LogP contribution < -0.4 is 10.1 Å². The van der Waals surface area contributed by atoms with E-state index in [0.717, 1.165) is 11.8 Å². The van der Waals surface area contributed by atoms with Crippen LogP contribution in [0.3, 0.4) is 0 Å². The Kier molecular flexibility index (Phi) is 4.41. The molecular weight excluding hydrogens is 408 g/mol. The monoisotopic (exact) mass is 420 g/mol. The molecule has 2 aromatic carbocycles. The number of anilines is 1. The summed E-state index contributed by atoms with van der Waals surface area (Å²) in [5.41, 5.74) is 1.80. The average Bonchev–Trinajstić information content (AvgIpc) is 3.01. The smallest absolute Gasteiger partial charge is 0.256 e. The molecule has 1 aliphatic rings. The summed E-state index contributed by atoms with van der Waals surface area (Å²) < 4.78 is 29.6. The summed E-state index contributed by atoms with van der Waals surface area (Å²) in [5.74, 6) is 0.340. The van der Waals surface area contributed by atoms with Crippen LogP contribution in [0.1, 0.15) is 5.56 Å². The lowest BCUT2D eigenvalue weighted by molar-refractivity contribution is -0.113. The minimum atomic E-state index is -3.30. The summed E-state index contributed by atoms with van der Waals surface area (Å²) in [6, 6.07) is 9.90. The van der Waals surface area contributed by atoms with Gasteiger partial charge in [-0.25, -0.2) is 13.4 Å². The van der Waals surface area contributed by atoms with Crippen LogP contribution in [-0.4, -0.2) is 32.2 Å². The molecule has 1 aliphatic heterocycles. The van der Waals surface area contributed by atoms with Crippen molar-refractivity contribution in [3.63, 3.8) is 0 Å². The topological polar surface area (TPSA) is 85.4 Å². The average molecular weight is 421 g/mol. The highest BCUT2D eigenvalue weighted by atomic mass is 35.5. The van der Waals surface area contributed by atoms with E-state index in [1.807, 2.05) is 0 Å². The number of amides is 1. The number of thiazole rings is 1. The second kappa shape index (κ2) is 6.63. The first-order valence-corrected chi connectivity index (χ1v) is 10.9. The number of hydrogen-bond acceptors (Lipinski definition) is 6. The van der Waals surface area contributed by atoms with Crippen molar-refractivity contribution < 1.29 is 17.9 Å². The number of nitrogens with zero attached hydrogens (tertiary/aromatic N) is 1. The first kappa shape index (κ1) is 18.0. The Hall–Kier alpha value is -2.42. The van der Waals surface area contributed by atoms with Gasteiger partial charge in [-0.05, 0) is 42.5 Å². The number of aromatic nitrogens is 1. The summed E-state index contributed by atoms with van der Waals surface area (Å²) in [4.78, 5) is 17.1. The lowest BCUT2D eigenvalue weighted by Gasteiger charge is -2.17. The van der Waals surface area contributed by atoms with Crippen LogP contribution in [-0.2, 0) is 14.6 Å². The van der Waals surface area contributed by atoms with E-state index in [4.69, 9.17) is 16.3 Å². The molecule has 1 aromatic heterocycles. The van der Waals surface area contributed by atoms with Gasteiger partial charge in [-0.2, -0.15) is 0 Å². The third-order valence-electron chi connectivity index (χ3n) is 3.98. The predicted molar refractivity (Wildman–Crippen MR) is 106 cm³/mol. The van der Waals surface area contributed by atoms with E-state index in [1.54, 1.807) is 36.4 Å². The van der Waals surface area contributed by atoms with E-state index in [1.165, 1.54) is 17.4 Å². The Labute approximate surface area is 164 Å². The minimum absolute atomic E-state index is 0.142. The molecule has 1 amide bonds. The number of hydrogen-bond donors (Lipinski definition) is 1. The molecule has 0 fully saturated rings. The van der Waals surface area contributed by atoms with Crippen LogP contribution in [0, 0.1) is 0 Å². The number of fused-ring (bicyclic) bond motifs is 2. The van der Waals surface area contributed by atoms with Gasteiger partial charge in [0.25, 0.3) is 5.91 Å². The van der Waals surface area contributed by atoms with Crippen LogP contribution in [0.4, 0.5) is 5.13 Å². The number of ether oxygens (including phenoxy) is 1. The summed E-state index contributed by atoms with van der Waals surface area (Å²) in [6.07, 6.45) is 2.88. The van der Waals surface area contributed by atoms with Gasteiger partial charge in [0.05, 0.1) is 20.7 Å². The summed E-state index contributed by atoms with van der Waals surface area (Å²) in [7, 11) is -3.30. The minimum Gasteiger partial charge on any atom is -0.488 e. The van der Waals surface area contributed by atoms with Gasteiger partial charge in [-0.3, -0.25) is 10.1 Å². The number of halogens is 1. The van der Waals surface area contributed by atoms with Crippen LogP contribution in [0.2, 0.25) is 5.02 Å². The fraction of sp³-hybridized carbons (Fsp3) is 0.111. The zero-order chi connectivity index (χ0) is 19.2. The van der Waals surface area contributed by atoms with Gasteiger partial charge >= 0.3 is 0 Å². The number of nitrogens with one attached hydrogen (secondary N) is 1. The second-order valence-corrected chi connectivity index (χ2v) is 9.50. The van der Waals surface area contributed by atoms with E-state index >= 15 is 0 Å². The number of rotatable bonds is 3. The van der Waals surface area contributed by atoms with Crippen molar-refractivity contribution in [1.29, 1.82) is 0 Å². The maximum Gasteiger partial charge on any atom is 0.256 e. The number of benzene rings is 2. The largest absolute Gasteiger partial charge is 0.488 e. The number of carbonyl (C=O) groups excluding carboxylic acids is 1. The van der Waals surface area contributed by atoms with Crippen molar-refractivity contribution in [2.45, 2.75) is 4.90 Å². The molecule has 9 heteroatoms. The molecule has 0 spiro atoms. The van der Waals surface area contributed by atoms with E-state index in [0.29, 0.717) is 31.7 Å². The third kappa shape index (κ3) is 3.69. The van der Waals surface area contributed by atoms with Gasteiger partial charge in [-0.15, -0.1) is 0 Å². The molecule has 0 saturated carbocycles. The highest BCUT2D eigenvalue weighted by molar-refractivity contribution is 7.90. The zero-order valence-electron chi connectivity index (χ0n) is 14.0. The van der Waals surface area contributed by atoms with Crippen molar-refractivity contribution in [2.75, 3.05) is 18.2 Å². The van der Waals surface area contributed by atoms with Gasteiger partial charge < -0.3 is 4.74 Å². The highest BCUT2D eigenvalue weighted by Gasteiger charge is 2.19. The van der Waals surface area contributed by atoms with E-state index in [2.05, 4.69) is 10.3 Å². The molecule has 0 aliphatic carbocycles. The molecule has 0 saturated heterocycles. The van der Waals surface area contributed by atoms with E-state index in [9.17, 15) is 13.2 Å². The number of carbonyl (C=O) groups is 1. The lowest BCUT2D eigenvalue weighted by Crippen LogP contribution is -2.21. The van der Waals surface area contributed by atoms with Crippen LogP contribution >= 0.6 is 22.9 Å². The van der Waals surface area contributed by atoms with E-state index in [-0.39, 0.29) is 17.4 Å². The number of sulfone groups is 1. The van der Waals surface area contributed by atoms with Gasteiger partial charge in [0.15, 0.2) is 15.0 Å². The third-order valence-corrected chi connectivity index (χ3v) is 6.26. The molecule has 0 unspecified atom stereocenters. The second-order valence-electron chi connectivity index (χ2n) is 6.02. The Bertz CT molecular complexity index is 1220. The Morgan fingerprint density at radius 3 is 2.85 bits per heavy atom. The van der Waals surface area contributed by atoms with Crippen LogP contribution in [0.25, 0.3) is 16.3 Å². The van der Waals surface area contributed by atoms with Crippen molar-refractivity contribution in [3.05, 3.63) is 52.6 Å². The lowest BCUT2D eigenvalue weighted by atomic mass is 10.1. The van der Waals surface area contributed by atoms with Crippen molar-refractivity contribution in [2.24, 2.45) is 0 Å². The first-order valence-electron chi connectivity index (χ1n) is 7.84. The molecule has 3 aromatic rings. The molecule has 0 radical (unpaired) electrons. The van der Waals surface area contributed by atoms with Gasteiger partial charge in [0, 0.05) is 16.8 Å². The van der Waals surface area contributed by atoms with Crippen molar-refractivity contribution >= 4 is 60.1 Å². The standard InChI is InChI=1S/C18H13ClN2O4S2/c1-27(23,24)13-3-4-14-16(8-13)26-18(20-14)21-17(22)11-6-10-7-12(19)2-5-15(10)25-9-11/h2-8H,9H2,1H3,(H,20,21,22). The van der Waals surface area contributed by atoms with E-state index < -0.39 is 9.84 Å². The van der Waals surface area contributed by atoms with Crippen LogP contribution in [0.15, 0.2) is 46.9 Å². The Balaban J connectivity index is 1.60. The molecule has 2 heterocycles. The predicted octanol–water partition coefficient (Wildman–Crippen LogP) is 3.77. The summed E-state index contributed by atoms with van der Waals surface area (Å²) in [6.45, 7) is 0.142. The Morgan fingerprint density at radius 1 is 1.26 bits per heavy atom. The van der Waals surface area contributed by atoms with Gasteiger partial charge in [0.1, 0.15) is 12.4 Å². The summed E-state index contributed by atoms with van der Waals surface area (Å²) >= 11 is 7.20. The van der Waals surface area contributed by atoms with Gasteiger partial charge in [0.2, 0.25) is 0 Å². The molecular formula is C18H13ClN2O4S2. The van der Waals surface area contributed by atoms with Crippen LogP contribution in [0.5, 0.6) is 5.75 Å². The molecule has 27 heavy (non-hydrogen) atoms.